The van der Waals surface area contributed by atoms with Crippen LogP contribution >= 0.6 is 0 Å². The first-order chi connectivity index (χ1) is 6.59. The molecule has 2 saturated heterocycles. The summed E-state index contributed by atoms with van der Waals surface area (Å²) in [6.07, 6.45) is 1.40. The molecule has 0 saturated carbocycles. The summed E-state index contributed by atoms with van der Waals surface area (Å²) in [4.78, 5) is 2.38. The Bertz CT molecular complexity index is 142. The zero-order chi connectivity index (χ0) is 10.6. The van der Waals surface area contributed by atoms with Crippen molar-refractivity contribution in [1.29, 1.82) is 0 Å². The molecule has 1 N–H and O–H groups in total. The summed E-state index contributed by atoms with van der Waals surface area (Å²) < 4.78 is 0. The maximum absolute atomic E-state index is 3.32. The van der Waals surface area contributed by atoms with Gasteiger partial charge in [0.15, 0.2) is 0 Å². The van der Waals surface area contributed by atoms with E-state index in [1.54, 1.807) is 0 Å². The second kappa shape index (κ2) is 5.72. The largest absolute Gasteiger partial charge is 0.316 e. The fourth-order valence-electron chi connectivity index (χ4n) is 2.10. The Morgan fingerprint density at radius 2 is 1.64 bits per heavy atom. The highest BCUT2D eigenvalue weighted by Gasteiger charge is 2.16. The van der Waals surface area contributed by atoms with Gasteiger partial charge in [0.05, 0.1) is 0 Å². The van der Waals surface area contributed by atoms with Crippen LogP contribution in [0, 0.1) is 17.8 Å². The van der Waals surface area contributed by atoms with E-state index in [4.69, 9.17) is 0 Å². The highest BCUT2D eigenvalue weighted by molar-refractivity contribution is 4.73. The molecule has 0 aromatic heterocycles. The average molecular weight is 198 g/mol. The lowest BCUT2D eigenvalue weighted by Gasteiger charge is -2.03. The molecule has 2 rings (SSSR count). The Morgan fingerprint density at radius 1 is 1.07 bits per heavy atom. The monoisotopic (exact) mass is 198 g/mol. The van der Waals surface area contributed by atoms with E-state index >= 15 is 0 Å². The van der Waals surface area contributed by atoms with Crippen molar-refractivity contribution in [2.24, 2.45) is 17.8 Å². The van der Waals surface area contributed by atoms with E-state index in [9.17, 15) is 0 Å². The fourth-order valence-corrected chi connectivity index (χ4v) is 2.10. The van der Waals surface area contributed by atoms with Crippen molar-refractivity contribution in [3.05, 3.63) is 0 Å². The molecule has 84 valence electrons. The van der Waals surface area contributed by atoms with Crippen molar-refractivity contribution in [2.45, 2.75) is 27.2 Å². The molecule has 0 aliphatic carbocycles. The summed E-state index contributed by atoms with van der Waals surface area (Å²) >= 11 is 0. The van der Waals surface area contributed by atoms with Crippen LogP contribution in [0.2, 0.25) is 0 Å². The van der Waals surface area contributed by atoms with E-state index in [0.717, 1.165) is 17.8 Å². The lowest BCUT2D eigenvalue weighted by atomic mass is 10.0. The number of hydrogen-bond acceptors (Lipinski definition) is 2. The molecule has 2 heteroatoms. The quantitative estimate of drug-likeness (QED) is 0.639. The Morgan fingerprint density at radius 3 is 1.79 bits per heavy atom. The van der Waals surface area contributed by atoms with Gasteiger partial charge in [-0.1, -0.05) is 20.8 Å². The van der Waals surface area contributed by atoms with Gasteiger partial charge in [-0.25, -0.2) is 0 Å². The number of nitrogens with one attached hydrogen (secondary N) is 1. The smallest absolute Gasteiger partial charge is 0.000445 e. The van der Waals surface area contributed by atoms with Gasteiger partial charge in [-0.15, -0.1) is 0 Å². The molecule has 14 heavy (non-hydrogen) atoms. The first kappa shape index (κ1) is 12.0. The minimum absolute atomic E-state index is 0.903. The molecule has 2 fully saturated rings. The third kappa shape index (κ3) is 3.97. The molecule has 0 radical (unpaired) electrons. The summed E-state index contributed by atoms with van der Waals surface area (Å²) in [6.45, 7) is 12.0. The highest BCUT2D eigenvalue weighted by atomic mass is 15.1. The molecule has 2 aliphatic heterocycles. The molecular formula is C12H26N2. The van der Waals surface area contributed by atoms with Crippen molar-refractivity contribution in [2.75, 3.05) is 33.2 Å². The van der Waals surface area contributed by atoms with Gasteiger partial charge in [-0.05, 0) is 50.9 Å². The molecule has 0 bridgehead atoms. The minimum atomic E-state index is 0.903. The Balaban J connectivity index is 0.000000140. The van der Waals surface area contributed by atoms with Gasteiger partial charge in [-0.3, -0.25) is 0 Å². The number of nitrogens with zero attached hydrogens (tertiary/aromatic N) is 1. The summed E-state index contributed by atoms with van der Waals surface area (Å²) in [5, 5.41) is 3.32. The molecule has 2 nitrogen and oxygen atoms in total. The predicted molar refractivity (Wildman–Crippen MR) is 62.5 cm³/mol. The first-order valence-corrected chi connectivity index (χ1v) is 5.99. The van der Waals surface area contributed by atoms with E-state index in [2.05, 4.69) is 38.0 Å². The number of hydrogen-bond donors (Lipinski definition) is 1. The second-order valence-corrected chi connectivity index (χ2v) is 5.27. The minimum Gasteiger partial charge on any atom is -0.316 e. The normalized spacial score (nSPS) is 38.1. The van der Waals surface area contributed by atoms with Crippen molar-refractivity contribution in [1.82, 2.24) is 10.2 Å². The Labute approximate surface area is 89.1 Å². The molecule has 2 aliphatic rings. The lowest BCUT2D eigenvalue weighted by Crippen LogP contribution is -2.12. The Kier molecular flexibility index (Phi) is 4.90. The van der Waals surface area contributed by atoms with Crippen molar-refractivity contribution in [3.8, 4) is 0 Å². The maximum atomic E-state index is 3.32. The van der Waals surface area contributed by atoms with Crippen LogP contribution < -0.4 is 5.32 Å². The molecule has 3 unspecified atom stereocenters. The van der Waals surface area contributed by atoms with Gasteiger partial charge >= 0.3 is 0 Å². The molecule has 0 aromatic carbocycles. The molecule has 2 heterocycles. The average Bonchev–Trinajstić information content (AvgIpc) is 2.65. The molecule has 0 spiro atoms. The van der Waals surface area contributed by atoms with Crippen LogP contribution in [0.1, 0.15) is 27.2 Å². The third-order valence-corrected chi connectivity index (χ3v) is 3.53. The van der Waals surface area contributed by atoms with Crippen LogP contribution in [0.4, 0.5) is 0 Å². The lowest BCUT2D eigenvalue weighted by molar-refractivity contribution is 0.402. The zero-order valence-corrected chi connectivity index (χ0v) is 10.2. The topological polar surface area (TPSA) is 15.3 Å². The zero-order valence-electron chi connectivity index (χ0n) is 10.2. The molecular weight excluding hydrogens is 172 g/mol. The van der Waals surface area contributed by atoms with Gasteiger partial charge in [0.25, 0.3) is 0 Å². The summed E-state index contributed by atoms with van der Waals surface area (Å²) in [7, 11) is 2.18. The van der Waals surface area contributed by atoms with Crippen molar-refractivity contribution < 1.29 is 0 Å². The predicted octanol–water partition coefficient (Wildman–Crippen LogP) is 1.82. The molecule has 0 aromatic rings. The van der Waals surface area contributed by atoms with Crippen LogP contribution in [-0.2, 0) is 0 Å². The van der Waals surface area contributed by atoms with Gasteiger partial charge in [0.1, 0.15) is 0 Å². The fraction of sp³-hybridized carbons (Fsp3) is 1.00. The van der Waals surface area contributed by atoms with Crippen LogP contribution in [0.5, 0.6) is 0 Å². The summed E-state index contributed by atoms with van der Waals surface area (Å²) in [5.41, 5.74) is 0. The van der Waals surface area contributed by atoms with Crippen LogP contribution in [0.15, 0.2) is 0 Å². The van der Waals surface area contributed by atoms with E-state index in [-0.39, 0.29) is 0 Å². The molecule has 3 atom stereocenters. The van der Waals surface area contributed by atoms with Crippen LogP contribution in [0.3, 0.4) is 0 Å². The second-order valence-electron chi connectivity index (χ2n) is 5.27. The van der Waals surface area contributed by atoms with Gasteiger partial charge < -0.3 is 10.2 Å². The Hall–Kier alpha value is -0.0800. The standard InChI is InChI=1S/2C6H13N/c1-5-3-7-4-6(5)2;1-6-3-4-7(2)5-6/h5-7H,3-4H2,1-2H3;6H,3-5H2,1-2H3. The van der Waals surface area contributed by atoms with Crippen LogP contribution in [-0.4, -0.2) is 38.1 Å². The SMILES string of the molecule is CC1CCN(C)C1.CC1CNCC1C. The van der Waals surface area contributed by atoms with E-state index in [1.807, 2.05) is 0 Å². The number of likely N-dealkylation sites (tertiary alicyclic amines) is 1. The maximum Gasteiger partial charge on any atom is 0.000445 e. The first-order valence-electron chi connectivity index (χ1n) is 5.99. The van der Waals surface area contributed by atoms with E-state index < -0.39 is 0 Å². The van der Waals surface area contributed by atoms with E-state index in [1.165, 1.54) is 32.6 Å². The van der Waals surface area contributed by atoms with Crippen LogP contribution in [0.25, 0.3) is 0 Å². The number of rotatable bonds is 0. The summed E-state index contributed by atoms with van der Waals surface area (Å²) in [6, 6.07) is 0. The van der Waals surface area contributed by atoms with Crippen molar-refractivity contribution in [3.63, 3.8) is 0 Å². The molecule has 0 amide bonds. The van der Waals surface area contributed by atoms with Crippen molar-refractivity contribution >= 4 is 0 Å². The van der Waals surface area contributed by atoms with Gasteiger partial charge in [0.2, 0.25) is 0 Å². The highest BCUT2D eigenvalue weighted by Crippen LogP contribution is 2.13. The third-order valence-electron chi connectivity index (χ3n) is 3.53. The van der Waals surface area contributed by atoms with E-state index in [0.29, 0.717) is 0 Å². The van der Waals surface area contributed by atoms with Gasteiger partial charge in [0, 0.05) is 6.54 Å². The van der Waals surface area contributed by atoms with Gasteiger partial charge in [-0.2, -0.15) is 0 Å². The summed E-state index contributed by atoms with van der Waals surface area (Å²) in [5.74, 6) is 2.75.